The summed E-state index contributed by atoms with van der Waals surface area (Å²) in [5.41, 5.74) is 2.00. The molecule has 1 N–H and O–H groups in total. The number of phenols is 1. The van der Waals surface area contributed by atoms with Gasteiger partial charge < -0.3 is 19.3 Å². The second-order valence-electron chi connectivity index (χ2n) is 5.35. The van der Waals surface area contributed by atoms with E-state index in [4.69, 9.17) is 14.2 Å². The zero-order valence-corrected chi connectivity index (χ0v) is 12.7. The van der Waals surface area contributed by atoms with Crippen LogP contribution < -0.4 is 14.2 Å². The van der Waals surface area contributed by atoms with Crippen LogP contribution in [0.4, 0.5) is 0 Å². The minimum absolute atomic E-state index is 0.208. The molecule has 5 heteroatoms. The molecule has 0 atom stereocenters. The van der Waals surface area contributed by atoms with E-state index in [1.54, 1.807) is 13.2 Å². The van der Waals surface area contributed by atoms with Crippen molar-refractivity contribution < 1.29 is 19.3 Å². The molecule has 0 fully saturated rings. The van der Waals surface area contributed by atoms with Gasteiger partial charge in [0.1, 0.15) is 11.5 Å². The summed E-state index contributed by atoms with van der Waals surface area (Å²) in [6.45, 7) is 1.60. The van der Waals surface area contributed by atoms with Gasteiger partial charge in [-0.3, -0.25) is 4.90 Å². The first-order valence-corrected chi connectivity index (χ1v) is 7.08. The lowest BCUT2D eigenvalue weighted by Crippen LogP contribution is -2.17. The van der Waals surface area contributed by atoms with Gasteiger partial charge >= 0.3 is 0 Å². The molecule has 0 spiro atoms. The first-order chi connectivity index (χ1) is 10.7. The van der Waals surface area contributed by atoms with Crippen LogP contribution in [0.15, 0.2) is 36.4 Å². The topological polar surface area (TPSA) is 51.2 Å². The van der Waals surface area contributed by atoms with Gasteiger partial charge in [-0.1, -0.05) is 12.1 Å². The maximum Gasteiger partial charge on any atom is 0.231 e. The number of ether oxygens (including phenoxy) is 3. The van der Waals surface area contributed by atoms with Gasteiger partial charge in [-0.05, 0) is 30.8 Å². The lowest BCUT2D eigenvalue weighted by Gasteiger charge is -2.18. The van der Waals surface area contributed by atoms with Crippen LogP contribution in [-0.4, -0.2) is 31.0 Å². The van der Waals surface area contributed by atoms with E-state index < -0.39 is 0 Å². The quantitative estimate of drug-likeness (QED) is 0.920. The van der Waals surface area contributed by atoms with Gasteiger partial charge in [-0.2, -0.15) is 0 Å². The summed E-state index contributed by atoms with van der Waals surface area (Å²) in [4.78, 5) is 2.12. The summed E-state index contributed by atoms with van der Waals surface area (Å²) < 4.78 is 15.8. The van der Waals surface area contributed by atoms with Crippen molar-refractivity contribution >= 4 is 0 Å². The van der Waals surface area contributed by atoms with Crippen LogP contribution in [-0.2, 0) is 13.1 Å². The van der Waals surface area contributed by atoms with E-state index in [0.717, 1.165) is 17.9 Å². The summed E-state index contributed by atoms with van der Waals surface area (Å²) in [5, 5.41) is 10.1. The zero-order valence-electron chi connectivity index (χ0n) is 12.7. The molecule has 116 valence electrons. The predicted molar refractivity (Wildman–Crippen MR) is 82.4 cm³/mol. The Bertz CT molecular complexity index is 654. The van der Waals surface area contributed by atoms with Crippen LogP contribution in [0.3, 0.4) is 0 Å². The Balaban J connectivity index is 1.67. The molecule has 0 saturated heterocycles. The number of phenolic OH excluding ortho intramolecular Hbond substituents is 1. The van der Waals surface area contributed by atoms with Crippen molar-refractivity contribution in [3.63, 3.8) is 0 Å². The highest BCUT2D eigenvalue weighted by Gasteiger charge is 2.17. The summed E-state index contributed by atoms with van der Waals surface area (Å²) in [7, 11) is 3.66. The average molecular weight is 301 g/mol. The molecule has 1 aliphatic rings. The molecule has 0 bridgehead atoms. The van der Waals surface area contributed by atoms with E-state index in [1.807, 2.05) is 37.4 Å². The Labute approximate surface area is 129 Å². The third-order valence-electron chi connectivity index (χ3n) is 3.63. The summed E-state index contributed by atoms with van der Waals surface area (Å²) in [5.74, 6) is 2.36. The Hall–Kier alpha value is -2.40. The molecular weight excluding hydrogens is 282 g/mol. The maximum absolute atomic E-state index is 10.1. The van der Waals surface area contributed by atoms with Crippen LogP contribution in [0, 0.1) is 0 Å². The number of hydrogen-bond donors (Lipinski definition) is 1. The monoisotopic (exact) mass is 301 g/mol. The molecule has 1 aliphatic heterocycles. The van der Waals surface area contributed by atoms with Crippen molar-refractivity contribution in [1.29, 1.82) is 0 Å². The van der Waals surface area contributed by atoms with Crippen molar-refractivity contribution in [1.82, 2.24) is 4.90 Å². The van der Waals surface area contributed by atoms with Crippen molar-refractivity contribution in [2.24, 2.45) is 0 Å². The molecule has 2 aromatic carbocycles. The second-order valence-corrected chi connectivity index (χ2v) is 5.35. The molecule has 22 heavy (non-hydrogen) atoms. The van der Waals surface area contributed by atoms with Crippen molar-refractivity contribution in [3.05, 3.63) is 47.5 Å². The van der Waals surface area contributed by atoms with E-state index in [0.29, 0.717) is 18.0 Å². The van der Waals surface area contributed by atoms with Crippen molar-refractivity contribution in [2.75, 3.05) is 21.0 Å². The highest BCUT2D eigenvalue weighted by atomic mass is 16.7. The Morgan fingerprint density at radius 1 is 1.09 bits per heavy atom. The fourth-order valence-corrected chi connectivity index (χ4v) is 2.49. The van der Waals surface area contributed by atoms with Crippen molar-refractivity contribution in [3.8, 4) is 23.0 Å². The molecule has 0 aromatic heterocycles. The van der Waals surface area contributed by atoms with Gasteiger partial charge in [0.25, 0.3) is 0 Å². The number of nitrogens with zero attached hydrogens (tertiary/aromatic N) is 1. The second kappa shape index (κ2) is 6.15. The Morgan fingerprint density at radius 2 is 1.77 bits per heavy atom. The van der Waals surface area contributed by atoms with Gasteiger partial charge in [-0.25, -0.2) is 0 Å². The van der Waals surface area contributed by atoms with Crippen LogP contribution in [0.5, 0.6) is 23.0 Å². The summed E-state index contributed by atoms with van der Waals surface area (Å²) in [6.07, 6.45) is 0. The Morgan fingerprint density at radius 3 is 2.45 bits per heavy atom. The highest BCUT2D eigenvalue weighted by Crippen LogP contribution is 2.38. The molecule has 0 aliphatic carbocycles. The Kier molecular flexibility index (Phi) is 4.06. The molecule has 5 nitrogen and oxygen atoms in total. The van der Waals surface area contributed by atoms with Gasteiger partial charge in [0.2, 0.25) is 6.79 Å². The third-order valence-corrected chi connectivity index (χ3v) is 3.63. The van der Waals surface area contributed by atoms with E-state index in [2.05, 4.69) is 4.90 Å². The van der Waals surface area contributed by atoms with Crippen LogP contribution in [0.2, 0.25) is 0 Å². The molecule has 0 unspecified atom stereocenters. The van der Waals surface area contributed by atoms with E-state index in [9.17, 15) is 5.11 Å². The first kappa shape index (κ1) is 14.5. The largest absolute Gasteiger partial charge is 0.507 e. The maximum atomic E-state index is 10.1. The summed E-state index contributed by atoms with van der Waals surface area (Å²) >= 11 is 0. The molecular formula is C17H19NO4. The highest BCUT2D eigenvalue weighted by molar-refractivity contribution is 5.51. The smallest absolute Gasteiger partial charge is 0.231 e. The van der Waals surface area contributed by atoms with Gasteiger partial charge in [0.15, 0.2) is 11.5 Å². The number of fused-ring (bicyclic) bond motifs is 1. The number of benzene rings is 2. The minimum Gasteiger partial charge on any atom is -0.507 e. The first-order valence-electron chi connectivity index (χ1n) is 7.08. The SMILES string of the molecule is COc1ccc(CN(C)Cc2cc3c(cc2O)OCO3)cc1. The van der Waals surface area contributed by atoms with Crippen LogP contribution >= 0.6 is 0 Å². The molecule has 1 heterocycles. The standard InChI is InChI=1S/C17H19NO4/c1-18(9-12-3-5-14(20-2)6-4-12)10-13-7-16-17(8-15(13)19)22-11-21-16/h3-8,19H,9-11H2,1-2H3. The van der Waals surface area contributed by atoms with Crippen LogP contribution in [0.1, 0.15) is 11.1 Å². The number of rotatable bonds is 5. The van der Waals surface area contributed by atoms with Gasteiger partial charge in [-0.15, -0.1) is 0 Å². The number of methoxy groups -OCH3 is 1. The minimum atomic E-state index is 0.208. The summed E-state index contributed by atoms with van der Waals surface area (Å²) in [6, 6.07) is 11.4. The van der Waals surface area contributed by atoms with E-state index in [-0.39, 0.29) is 12.5 Å². The molecule has 0 radical (unpaired) electrons. The lowest BCUT2D eigenvalue weighted by molar-refractivity contribution is 0.174. The third kappa shape index (κ3) is 3.09. The van der Waals surface area contributed by atoms with E-state index >= 15 is 0 Å². The van der Waals surface area contributed by atoms with E-state index in [1.165, 1.54) is 5.56 Å². The van der Waals surface area contributed by atoms with Crippen molar-refractivity contribution in [2.45, 2.75) is 13.1 Å². The predicted octanol–water partition coefficient (Wildman–Crippen LogP) is 2.76. The normalized spacial score (nSPS) is 12.7. The molecule has 0 saturated carbocycles. The van der Waals surface area contributed by atoms with Crippen LogP contribution in [0.25, 0.3) is 0 Å². The van der Waals surface area contributed by atoms with Gasteiger partial charge in [0, 0.05) is 24.7 Å². The average Bonchev–Trinajstić information content (AvgIpc) is 2.95. The number of aromatic hydroxyl groups is 1. The number of hydrogen-bond acceptors (Lipinski definition) is 5. The fraction of sp³-hybridized carbons (Fsp3) is 0.294. The molecule has 0 amide bonds. The zero-order chi connectivity index (χ0) is 15.5. The van der Waals surface area contributed by atoms with Gasteiger partial charge in [0.05, 0.1) is 7.11 Å². The molecule has 3 rings (SSSR count). The molecule has 2 aromatic rings. The fourth-order valence-electron chi connectivity index (χ4n) is 2.49. The lowest BCUT2D eigenvalue weighted by atomic mass is 10.1.